The largest absolute Gasteiger partial charge is 0.338 e. The van der Waals surface area contributed by atoms with Gasteiger partial charge in [-0.05, 0) is 30.2 Å². The van der Waals surface area contributed by atoms with Crippen LogP contribution < -0.4 is 0 Å². The molecule has 4 rings (SSSR count). The van der Waals surface area contributed by atoms with Gasteiger partial charge in [0.15, 0.2) is 0 Å². The van der Waals surface area contributed by atoms with E-state index in [1.165, 1.54) is 0 Å². The summed E-state index contributed by atoms with van der Waals surface area (Å²) in [6.45, 7) is 7.06. The van der Waals surface area contributed by atoms with E-state index in [0.717, 1.165) is 55.8 Å². The zero-order valence-electron chi connectivity index (χ0n) is 17.1. The third-order valence-corrected chi connectivity index (χ3v) is 6.01. The molecule has 152 valence electrons. The summed E-state index contributed by atoms with van der Waals surface area (Å²) in [5.41, 5.74) is 2.82. The van der Waals surface area contributed by atoms with Crippen LogP contribution in [-0.2, 0) is 17.8 Å². The first-order chi connectivity index (χ1) is 14.2. The molecule has 1 fully saturated rings. The van der Waals surface area contributed by atoms with E-state index in [1.807, 2.05) is 59.5 Å². The fourth-order valence-electron chi connectivity index (χ4n) is 4.42. The van der Waals surface area contributed by atoms with E-state index < -0.39 is 6.04 Å². The second kappa shape index (κ2) is 8.78. The highest BCUT2D eigenvalue weighted by Gasteiger charge is 2.38. The number of hydrogen-bond donors (Lipinski definition) is 0. The Morgan fingerprint density at radius 1 is 0.966 bits per heavy atom. The molecular formula is C24H29N3O2. The van der Waals surface area contributed by atoms with Gasteiger partial charge in [0, 0.05) is 44.7 Å². The van der Waals surface area contributed by atoms with Crippen LogP contribution in [0.4, 0.5) is 0 Å². The van der Waals surface area contributed by atoms with Gasteiger partial charge in [-0.3, -0.25) is 14.5 Å². The van der Waals surface area contributed by atoms with Crippen molar-refractivity contribution in [3.8, 4) is 0 Å². The third-order valence-electron chi connectivity index (χ3n) is 6.01. The fourth-order valence-corrected chi connectivity index (χ4v) is 4.42. The molecule has 1 saturated heterocycles. The average Bonchev–Trinajstić information content (AvgIpc) is 3.10. The van der Waals surface area contributed by atoms with Gasteiger partial charge in [0.25, 0.3) is 5.91 Å². The maximum Gasteiger partial charge on any atom is 0.255 e. The number of carbonyl (C=O) groups excluding carboxylic acids is 2. The maximum absolute atomic E-state index is 13.6. The van der Waals surface area contributed by atoms with Crippen LogP contribution in [0, 0.1) is 0 Å². The monoisotopic (exact) mass is 391 g/mol. The highest BCUT2D eigenvalue weighted by Crippen LogP contribution is 2.27. The Morgan fingerprint density at radius 3 is 2.34 bits per heavy atom. The predicted octanol–water partition coefficient (Wildman–Crippen LogP) is 2.81. The number of nitrogens with zero attached hydrogens (tertiary/aromatic N) is 3. The number of rotatable bonds is 6. The summed E-state index contributed by atoms with van der Waals surface area (Å²) in [6.07, 6.45) is 1.68. The summed E-state index contributed by atoms with van der Waals surface area (Å²) in [5, 5.41) is 0. The number of hydrogen-bond acceptors (Lipinski definition) is 3. The van der Waals surface area contributed by atoms with Crippen LogP contribution in [-0.4, -0.2) is 65.3 Å². The quantitative estimate of drug-likeness (QED) is 0.761. The molecule has 1 atom stereocenters. The lowest BCUT2D eigenvalue weighted by Gasteiger charge is -2.38. The molecule has 0 bridgehead atoms. The molecule has 2 aromatic rings. The van der Waals surface area contributed by atoms with Crippen LogP contribution in [0.1, 0.15) is 34.8 Å². The molecule has 2 amide bonds. The zero-order chi connectivity index (χ0) is 20.2. The van der Waals surface area contributed by atoms with E-state index in [9.17, 15) is 9.59 Å². The molecule has 2 heterocycles. The lowest BCUT2D eigenvalue weighted by Crippen LogP contribution is -2.55. The van der Waals surface area contributed by atoms with Crippen molar-refractivity contribution in [1.29, 1.82) is 0 Å². The SMILES string of the molecule is CCCN1CCN(C(=O)[C@H](Cc2ccccc2)N2Cc3ccccc3C2=O)CC1. The number of benzene rings is 2. The molecule has 0 aliphatic carbocycles. The molecule has 0 aromatic heterocycles. The molecule has 5 nitrogen and oxygen atoms in total. The van der Waals surface area contributed by atoms with Crippen molar-refractivity contribution >= 4 is 11.8 Å². The van der Waals surface area contributed by atoms with Crippen molar-refractivity contribution in [2.24, 2.45) is 0 Å². The lowest BCUT2D eigenvalue weighted by molar-refractivity contribution is -0.138. The van der Waals surface area contributed by atoms with Gasteiger partial charge in [-0.15, -0.1) is 0 Å². The standard InChI is InChI=1S/C24H29N3O2/c1-2-12-25-13-15-26(16-14-25)24(29)22(17-19-8-4-3-5-9-19)27-18-20-10-6-7-11-21(20)23(27)28/h3-11,22H,2,12-18H2,1H3/t22-/m0/s1. The molecule has 0 unspecified atom stereocenters. The molecule has 2 aromatic carbocycles. The zero-order valence-corrected chi connectivity index (χ0v) is 17.1. The van der Waals surface area contributed by atoms with E-state index >= 15 is 0 Å². The van der Waals surface area contributed by atoms with E-state index in [-0.39, 0.29) is 11.8 Å². The van der Waals surface area contributed by atoms with Crippen LogP contribution in [0.25, 0.3) is 0 Å². The van der Waals surface area contributed by atoms with Crippen molar-refractivity contribution in [3.05, 3.63) is 71.3 Å². The summed E-state index contributed by atoms with van der Waals surface area (Å²) < 4.78 is 0. The minimum Gasteiger partial charge on any atom is -0.338 e. The Hall–Kier alpha value is -2.66. The highest BCUT2D eigenvalue weighted by molar-refractivity contribution is 6.01. The Morgan fingerprint density at radius 2 is 1.66 bits per heavy atom. The summed E-state index contributed by atoms with van der Waals surface area (Å²) in [4.78, 5) is 32.8. The molecule has 0 radical (unpaired) electrons. The molecule has 29 heavy (non-hydrogen) atoms. The second-order valence-electron chi connectivity index (χ2n) is 7.96. The maximum atomic E-state index is 13.6. The van der Waals surface area contributed by atoms with Crippen molar-refractivity contribution in [1.82, 2.24) is 14.7 Å². The van der Waals surface area contributed by atoms with Gasteiger partial charge in [0.2, 0.25) is 5.91 Å². The molecule has 2 aliphatic heterocycles. The molecule has 2 aliphatic rings. The Labute approximate surface area is 172 Å². The predicted molar refractivity (Wildman–Crippen MR) is 114 cm³/mol. The van der Waals surface area contributed by atoms with E-state index in [0.29, 0.717) is 13.0 Å². The minimum absolute atomic E-state index is 0.0282. The van der Waals surface area contributed by atoms with Gasteiger partial charge in [0.1, 0.15) is 6.04 Å². The Bertz CT molecular complexity index is 859. The van der Waals surface area contributed by atoms with Gasteiger partial charge in [-0.25, -0.2) is 0 Å². The summed E-state index contributed by atoms with van der Waals surface area (Å²) >= 11 is 0. The van der Waals surface area contributed by atoms with Crippen LogP contribution in [0.5, 0.6) is 0 Å². The molecular weight excluding hydrogens is 362 g/mol. The van der Waals surface area contributed by atoms with Crippen LogP contribution in [0.3, 0.4) is 0 Å². The fraction of sp³-hybridized carbons (Fsp3) is 0.417. The second-order valence-corrected chi connectivity index (χ2v) is 7.96. The van der Waals surface area contributed by atoms with Crippen LogP contribution in [0.15, 0.2) is 54.6 Å². The summed E-state index contributed by atoms with van der Waals surface area (Å²) in [5.74, 6) is 0.0469. The number of fused-ring (bicyclic) bond motifs is 1. The molecule has 0 spiro atoms. The smallest absolute Gasteiger partial charge is 0.255 e. The van der Waals surface area contributed by atoms with Crippen molar-refractivity contribution in [2.45, 2.75) is 32.4 Å². The van der Waals surface area contributed by atoms with E-state index in [2.05, 4.69) is 11.8 Å². The normalized spacial score (nSPS) is 18.0. The highest BCUT2D eigenvalue weighted by atomic mass is 16.2. The van der Waals surface area contributed by atoms with Gasteiger partial charge >= 0.3 is 0 Å². The average molecular weight is 392 g/mol. The third kappa shape index (κ3) is 4.20. The van der Waals surface area contributed by atoms with Crippen LogP contribution in [0.2, 0.25) is 0 Å². The number of piperazine rings is 1. The Kier molecular flexibility index (Phi) is 5.95. The topological polar surface area (TPSA) is 43.9 Å². The van der Waals surface area contributed by atoms with Crippen LogP contribution >= 0.6 is 0 Å². The minimum atomic E-state index is -0.463. The Balaban J connectivity index is 1.55. The van der Waals surface area contributed by atoms with Gasteiger partial charge in [-0.2, -0.15) is 0 Å². The lowest BCUT2D eigenvalue weighted by atomic mass is 10.0. The molecule has 0 N–H and O–H groups in total. The number of amides is 2. The van der Waals surface area contributed by atoms with Gasteiger partial charge < -0.3 is 9.80 Å². The number of carbonyl (C=O) groups is 2. The molecule has 5 heteroatoms. The van der Waals surface area contributed by atoms with Gasteiger partial charge in [-0.1, -0.05) is 55.5 Å². The first-order valence-electron chi connectivity index (χ1n) is 10.6. The first-order valence-corrected chi connectivity index (χ1v) is 10.6. The van der Waals surface area contributed by atoms with Crippen molar-refractivity contribution in [3.63, 3.8) is 0 Å². The summed E-state index contributed by atoms with van der Waals surface area (Å²) in [6, 6.07) is 17.3. The molecule has 0 saturated carbocycles. The van der Waals surface area contributed by atoms with Gasteiger partial charge in [0.05, 0.1) is 0 Å². The summed E-state index contributed by atoms with van der Waals surface area (Å²) in [7, 11) is 0. The van der Waals surface area contributed by atoms with E-state index in [1.54, 1.807) is 4.90 Å². The first kappa shape index (κ1) is 19.6. The van der Waals surface area contributed by atoms with Crippen molar-refractivity contribution in [2.75, 3.05) is 32.7 Å². The van der Waals surface area contributed by atoms with Crippen molar-refractivity contribution < 1.29 is 9.59 Å². The van der Waals surface area contributed by atoms with E-state index in [4.69, 9.17) is 0 Å².